The Morgan fingerprint density at radius 2 is 2.00 bits per heavy atom. The van der Waals surface area contributed by atoms with Crippen LogP contribution in [0.3, 0.4) is 0 Å². The van der Waals surface area contributed by atoms with Crippen LogP contribution in [0.5, 0.6) is 0 Å². The van der Waals surface area contributed by atoms with Crippen molar-refractivity contribution >= 4 is 17.9 Å². The average Bonchev–Trinajstić information content (AvgIpc) is 2.12. The number of carbonyl (C=O) groups excluding carboxylic acids is 1. The highest BCUT2D eigenvalue weighted by molar-refractivity contribution is 7.99. The molecular formula is C12H25NO2S. The predicted octanol–water partition coefficient (Wildman–Crippen LogP) is 3.43. The number of rotatable bonds is 6. The Bertz CT molecular complexity index is 196. The second-order valence-corrected chi connectivity index (χ2v) is 6.33. The van der Waals surface area contributed by atoms with Gasteiger partial charge in [0, 0.05) is 11.8 Å². The zero-order valence-corrected chi connectivity index (χ0v) is 11.9. The highest BCUT2D eigenvalue weighted by Crippen LogP contribution is 2.15. The highest BCUT2D eigenvalue weighted by Gasteiger charge is 2.17. The SMILES string of the molecule is CCC[C@H](CNC(=O)OC(C)(C)C)SCC. The molecule has 1 amide bonds. The van der Waals surface area contributed by atoms with Gasteiger partial charge in [-0.1, -0.05) is 20.3 Å². The largest absolute Gasteiger partial charge is 0.444 e. The van der Waals surface area contributed by atoms with Crippen molar-refractivity contribution in [1.29, 1.82) is 0 Å². The molecular weight excluding hydrogens is 222 g/mol. The van der Waals surface area contributed by atoms with Gasteiger partial charge in [-0.15, -0.1) is 0 Å². The van der Waals surface area contributed by atoms with E-state index in [9.17, 15) is 4.79 Å². The number of alkyl carbamates (subject to hydrolysis) is 1. The molecule has 3 nitrogen and oxygen atoms in total. The van der Waals surface area contributed by atoms with E-state index in [1.54, 1.807) is 0 Å². The molecule has 0 aromatic rings. The van der Waals surface area contributed by atoms with Crippen molar-refractivity contribution in [2.45, 2.75) is 58.3 Å². The molecule has 0 aromatic carbocycles. The van der Waals surface area contributed by atoms with Crippen LogP contribution < -0.4 is 5.32 Å². The molecule has 0 saturated carbocycles. The molecule has 4 heteroatoms. The Labute approximate surface area is 104 Å². The summed E-state index contributed by atoms with van der Waals surface area (Å²) in [7, 11) is 0. The minimum atomic E-state index is -0.414. The van der Waals surface area contributed by atoms with Gasteiger partial charge >= 0.3 is 6.09 Å². The van der Waals surface area contributed by atoms with Crippen LogP contribution in [0.4, 0.5) is 4.79 Å². The highest BCUT2D eigenvalue weighted by atomic mass is 32.2. The molecule has 16 heavy (non-hydrogen) atoms. The summed E-state index contributed by atoms with van der Waals surface area (Å²) in [6, 6.07) is 0. The average molecular weight is 247 g/mol. The summed E-state index contributed by atoms with van der Waals surface area (Å²) in [6.45, 7) is 10.6. The number of thioether (sulfide) groups is 1. The van der Waals surface area contributed by atoms with E-state index >= 15 is 0 Å². The van der Waals surface area contributed by atoms with E-state index in [-0.39, 0.29) is 6.09 Å². The molecule has 0 spiro atoms. The fourth-order valence-corrected chi connectivity index (χ4v) is 2.39. The van der Waals surface area contributed by atoms with E-state index in [2.05, 4.69) is 19.2 Å². The van der Waals surface area contributed by atoms with E-state index < -0.39 is 5.60 Å². The maximum absolute atomic E-state index is 11.4. The van der Waals surface area contributed by atoms with Gasteiger partial charge in [-0.05, 0) is 32.9 Å². The van der Waals surface area contributed by atoms with Gasteiger partial charge in [-0.25, -0.2) is 4.79 Å². The third kappa shape index (κ3) is 8.89. The van der Waals surface area contributed by atoms with E-state index in [1.165, 1.54) is 0 Å². The Morgan fingerprint density at radius 1 is 1.38 bits per heavy atom. The number of nitrogens with one attached hydrogen (secondary N) is 1. The Kier molecular flexibility index (Phi) is 7.64. The van der Waals surface area contributed by atoms with Crippen LogP contribution in [0.2, 0.25) is 0 Å². The summed E-state index contributed by atoms with van der Waals surface area (Å²) < 4.78 is 5.19. The first-order valence-electron chi connectivity index (χ1n) is 5.97. The van der Waals surface area contributed by atoms with Crippen molar-refractivity contribution in [1.82, 2.24) is 5.32 Å². The molecule has 96 valence electrons. The standard InChI is InChI=1S/C12H25NO2S/c1-6-8-10(16-7-2)9-13-11(14)15-12(3,4)5/h10H,6-9H2,1-5H3,(H,13,14)/t10-/m1/s1. The Morgan fingerprint density at radius 3 is 2.44 bits per heavy atom. The fraction of sp³-hybridized carbons (Fsp3) is 0.917. The van der Waals surface area contributed by atoms with Crippen LogP contribution >= 0.6 is 11.8 Å². The summed E-state index contributed by atoms with van der Waals surface area (Å²) in [5.41, 5.74) is -0.414. The molecule has 0 rings (SSSR count). The summed E-state index contributed by atoms with van der Waals surface area (Å²) >= 11 is 1.89. The van der Waals surface area contributed by atoms with Crippen LogP contribution in [-0.2, 0) is 4.74 Å². The molecule has 0 radical (unpaired) electrons. The van der Waals surface area contributed by atoms with Crippen LogP contribution in [0, 0.1) is 0 Å². The summed E-state index contributed by atoms with van der Waals surface area (Å²) in [5.74, 6) is 1.08. The molecule has 1 atom stereocenters. The van der Waals surface area contributed by atoms with Gasteiger partial charge in [0.25, 0.3) is 0 Å². The molecule has 1 N–H and O–H groups in total. The molecule has 0 aromatic heterocycles. The van der Waals surface area contributed by atoms with Crippen molar-refractivity contribution in [2.24, 2.45) is 0 Å². The van der Waals surface area contributed by atoms with Gasteiger partial charge in [0.1, 0.15) is 5.60 Å². The molecule has 0 heterocycles. The van der Waals surface area contributed by atoms with Gasteiger partial charge in [-0.2, -0.15) is 11.8 Å². The zero-order valence-electron chi connectivity index (χ0n) is 11.1. The third-order valence-electron chi connectivity index (χ3n) is 1.89. The van der Waals surface area contributed by atoms with Gasteiger partial charge < -0.3 is 10.1 Å². The zero-order chi connectivity index (χ0) is 12.6. The first kappa shape index (κ1) is 15.6. The summed E-state index contributed by atoms with van der Waals surface area (Å²) in [5, 5.41) is 3.33. The Hall–Kier alpha value is -0.380. The first-order valence-corrected chi connectivity index (χ1v) is 7.02. The maximum Gasteiger partial charge on any atom is 0.407 e. The Balaban J connectivity index is 3.86. The van der Waals surface area contributed by atoms with Crippen molar-refractivity contribution in [3.8, 4) is 0 Å². The second kappa shape index (κ2) is 7.82. The van der Waals surface area contributed by atoms with Crippen LogP contribution in [0.25, 0.3) is 0 Å². The van der Waals surface area contributed by atoms with E-state index in [4.69, 9.17) is 4.74 Å². The van der Waals surface area contributed by atoms with E-state index in [0.29, 0.717) is 11.8 Å². The predicted molar refractivity (Wildman–Crippen MR) is 71.1 cm³/mol. The van der Waals surface area contributed by atoms with E-state index in [1.807, 2.05) is 32.5 Å². The lowest BCUT2D eigenvalue weighted by atomic mass is 10.2. The van der Waals surface area contributed by atoms with Gasteiger partial charge in [0.05, 0.1) is 0 Å². The smallest absolute Gasteiger partial charge is 0.407 e. The van der Waals surface area contributed by atoms with Crippen LogP contribution in [0.15, 0.2) is 0 Å². The van der Waals surface area contributed by atoms with Crippen molar-refractivity contribution < 1.29 is 9.53 Å². The topological polar surface area (TPSA) is 38.3 Å². The first-order chi connectivity index (χ1) is 7.39. The maximum atomic E-state index is 11.4. The lowest BCUT2D eigenvalue weighted by Crippen LogP contribution is -2.36. The van der Waals surface area contributed by atoms with Gasteiger partial charge in [0.2, 0.25) is 0 Å². The summed E-state index contributed by atoms with van der Waals surface area (Å²) in [4.78, 5) is 11.4. The number of hydrogen-bond acceptors (Lipinski definition) is 3. The van der Waals surface area contributed by atoms with Crippen LogP contribution in [-0.4, -0.2) is 29.2 Å². The van der Waals surface area contributed by atoms with Gasteiger partial charge in [0.15, 0.2) is 0 Å². The molecule has 0 aliphatic heterocycles. The summed E-state index contributed by atoms with van der Waals surface area (Å²) in [6.07, 6.45) is 1.97. The molecule has 0 unspecified atom stereocenters. The van der Waals surface area contributed by atoms with E-state index in [0.717, 1.165) is 18.6 Å². The minimum Gasteiger partial charge on any atom is -0.444 e. The number of amides is 1. The molecule has 0 aliphatic rings. The van der Waals surface area contributed by atoms with Crippen LogP contribution in [0.1, 0.15) is 47.5 Å². The quantitative estimate of drug-likeness (QED) is 0.781. The van der Waals surface area contributed by atoms with Crippen molar-refractivity contribution in [3.63, 3.8) is 0 Å². The minimum absolute atomic E-state index is 0.315. The van der Waals surface area contributed by atoms with Crippen molar-refractivity contribution in [3.05, 3.63) is 0 Å². The number of hydrogen-bond donors (Lipinski definition) is 1. The molecule has 0 saturated heterocycles. The lowest BCUT2D eigenvalue weighted by molar-refractivity contribution is 0.0528. The van der Waals surface area contributed by atoms with Crippen molar-refractivity contribution in [2.75, 3.05) is 12.3 Å². The monoisotopic (exact) mass is 247 g/mol. The molecule has 0 bridgehead atoms. The lowest BCUT2D eigenvalue weighted by Gasteiger charge is -2.21. The number of ether oxygens (including phenoxy) is 1. The number of carbonyl (C=O) groups is 1. The second-order valence-electron chi connectivity index (χ2n) is 4.75. The normalized spacial score (nSPS) is 13.3. The third-order valence-corrected chi connectivity index (χ3v) is 3.09. The molecule has 0 aliphatic carbocycles. The molecule has 0 fully saturated rings. The van der Waals surface area contributed by atoms with Gasteiger partial charge in [-0.3, -0.25) is 0 Å². The fourth-order valence-electron chi connectivity index (χ4n) is 1.31.